The van der Waals surface area contributed by atoms with E-state index >= 15 is 0 Å². The quantitative estimate of drug-likeness (QED) is 0.737. The van der Waals surface area contributed by atoms with Crippen LogP contribution in [-0.4, -0.2) is 45.2 Å². The zero-order valence-corrected chi connectivity index (χ0v) is 12.1. The van der Waals surface area contributed by atoms with E-state index in [0.717, 1.165) is 32.2 Å². The molecule has 0 aromatic rings. The van der Waals surface area contributed by atoms with E-state index in [-0.39, 0.29) is 0 Å². The highest BCUT2D eigenvalue weighted by molar-refractivity contribution is 7.89. The lowest BCUT2D eigenvalue weighted by molar-refractivity contribution is 0.196. The Hall–Kier alpha value is -0.130. The highest BCUT2D eigenvalue weighted by Crippen LogP contribution is 2.30. The molecule has 0 aromatic heterocycles. The molecule has 1 N–H and O–H groups in total. The summed E-state index contributed by atoms with van der Waals surface area (Å²) in [6, 6.07) is 0. The summed E-state index contributed by atoms with van der Waals surface area (Å²) in [5.41, 5.74) is 0.304. The van der Waals surface area contributed by atoms with Crippen molar-refractivity contribution in [3.63, 3.8) is 0 Å². The predicted octanol–water partition coefficient (Wildman–Crippen LogP) is 1.44. The van der Waals surface area contributed by atoms with Crippen molar-refractivity contribution in [1.29, 1.82) is 0 Å². The second kappa shape index (κ2) is 6.16. The van der Waals surface area contributed by atoms with Crippen LogP contribution >= 0.6 is 0 Å². The standard InChI is InChI=1S/C12H26N2O2S/c1-12(2)6-9-14(10-7-12)17(15,16)11-5-4-8-13-3/h13H,4-11H2,1-3H3. The molecule has 1 rings (SSSR count). The van der Waals surface area contributed by atoms with Crippen LogP contribution in [0.3, 0.4) is 0 Å². The molecule has 1 aliphatic heterocycles. The maximum atomic E-state index is 12.1. The summed E-state index contributed by atoms with van der Waals surface area (Å²) in [5.74, 6) is 0.301. The van der Waals surface area contributed by atoms with Gasteiger partial charge in [0.25, 0.3) is 0 Å². The molecular weight excluding hydrogens is 236 g/mol. The van der Waals surface area contributed by atoms with Gasteiger partial charge in [0.05, 0.1) is 5.75 Å². The number of hydrogen-bond donors (Lipinski definition) is 1. The number of nitrogens with one attached hydrogen (secondary N) is 1. The molecule has 1 heterocycles. The average molecular weight is 262 g/mol. The van der Waals surface area contributed by atoms with Gasteiger partial charge in [-0.25, -0.2) is 12.7 Å². The van der Waals surface area contributed by atoms with E-state index in [1.54, 1.807) is 4.31 Å². The molecule has 0 aliphatic carbocycles. The van der Waals surface area contributed by atoms with Crippen molar-refractivity contribution >= 4 is 10.0 Å². The van der Waals surface area contributed by atoms with Gasteiger partial charge in [-0.15, -0.1) is 0 Å². The molecule has 0 radical (unpaired) electrons. The molecule has 17 heavy (non-hydrogen) atoms. The first kappa shape index (κ1) is 14.9. The molecule has 4 nitrogen and oxygen atoms in total. The Morgan fingerprint density at radius 2 is 1.76 bits per heavy atom. The van der Waals surface area contributed by atoms with Gasteiger partial charge in [0, 0.05) is 13.1 Å². The van der Waals surface area contributed by atoms with E-state index in [9.17, 15) is 8.42 Å². The van der Waals surface area contributed by atoms with Crippen molar-refractivity contribution in [1.82, 2.24) is 9.62 Å². The summed E-state index contributed by atoms with van der Waals surface area (Å²) in [6.07, 6.45) is 3.63. The Balaban J connectivity index is 2.38. The minimum Gasteiger partial charge on any atom is -0.320 e. The minimum atomic E-state index is -3.01. The highest BCUT2D eigenvalue weighted by Gasteiger charge is 2.31. The second-order valence-electron chi connectivity index (χ2n) is 5.69. The van der Waals surface area contributed by atoms with Gasteiger partial charge in [0.1, 0.15) is 0 Å². The van der Waals surface area contributed by atoms with Crippen molar-refractivity contribution in [2.75, 3.05) is 32.4 Å². The zero-order valence-electron chi connectivity index (χ0n) is 11.3. The van der Waals surface area contributed by atoms with E-state index in [0.29, 0.717) is 24.3 Å². The van der Waals surface area contributed by atoms with Crippen LogP contribution in [0.5, 0.6) is 0 Å². The lowest BCUT2D eigenvalue weighted by atomic mass is 9.83. The van der Waals surface area contributed by atoms with E-state index < -0.39 is 10.0 Å². The zero-order chi connectivity index (χ0) is 12.9. The van der Waals surface area contributed by atoms with Crippen molar-refractivity contribution in [3.8, 4) is 0 Å². The molecule has 102 valence electrons. The largest absolute Gasteiger partial charge is 0.320 e. The van der Waals surface area contributed by atoms with Gasteiger partial charge in [-0.05, 0) is 44.7 Å². The van der Waals surface area contributed by atoms with Crippen molar-refractivity contribution in [3.05, 3.63) is 0 Å². The number of nitrogens with zero attached hydrogens (tertiary/aromatic N) is 1. The van der Waals surface area contributed by atoms with E-state index in [1.807, 2.05) is 7.05 Å². The third-order valence-electron chi connectivity index (χ3n) is 3.55. The van der Waals surface area contributed by atoms with Crippen molar-refractivity contribution in [2.24, 2.45) is 5.41 Å². The summed E-state index contributed by atoms with van der Waals surface area (Å²) in [5, 5.41) is 3.04. The van der Waals surface area contributed by atoms with Crippen LogP contribution < -0.4 is 5.32 Å². The monoisotopic (exact) mass is 262 g/mol. The summed E-state index contributed by atoms with van der Waals surface area (Å²) >= 11 is 0. The number of hydrogen-bond acceptors (Lipinski definition) is 3. The van der Waals surface area contributed by atoms with Gasteiger partial charge >= 0.3 is 0 Å². The maximum absolute atomic E-state index is 12.1. The van der Waals surface area contributed by atoms with Crippen LogP contribution in [0.15, 0.2) is 0 Å². The van der Waals surface area contributed by atoms with Gasteiger partial charge in [0.2, 0.25) is 10.0 Å². The third-order valence-corrected chi connectivity index (χ3v) is 5.50. The van der Waals surface area contributed by atoms with Gasteiger partial charge in [-0.2, -0.15) is 0 Å². The smallest absolute Gasteiger partial charge is 0.214 e. The predicted molar refractivity (Wildman–Crippen MR) is 71.5 cm³/mol. The Labute approximate surface area is 106 Å². The van der Waals surface area contributed by atoms with E-state index in [4.69, 9.17) is 0 Å². The Morgan fingerprint density at radius 3 is 2.29 bits per heavy atom. The molecule has 1 fully saturated rings. The number of sulfonamides is 1. The molecule has 0 spiro atoms. The van der Waals surface area contributed by atoms with Gasteiger partial charge in [-0.3, -0.25) is 0 Å². The molecule has 0 saturated carbocycles. The van der Waals surface area contributed by atoms with Crippen LogP contribution in [0.1, 0.15) is 39.5 Å². The number of piperidine rings is 1. The molecular formula is C12H26N2O2S. The van der Waals surface area contributed by atoms with Crippen LogP contribution in [0.4, 0.5) is 0 Å². The highest BCUT2D eigenvalue weighted by atomic mass is 32.2. The Bertz CT molecular complexity index is 315. The first-order valence-corrected chi connectivity index (χ1v) is 8.11. The van der Waals surface area contributed by atoms with Gasteiger partial charge in [-0.1, -0.05) is 13.8 Å². The summed E-state index contributed by atoms with van der Waals surface area (Å²) in [7, 11) is -1.12. The molecule has 0 bridgehead atoms. The fourth-order valence-corrected chi connectivity index (χ4v) is 3.65. The molecule has 0 unspecified atom stereocenters. The van der Waals surface area contributed by atoms with Gasteiger partial charge < -0.3 is 5.32 Å². The lowest BCUT2D eigenvalue weighted by Gasteiger charge is -2.36. The molecule has 0 atom stereocenters. The van der Waals surface area contributed by atoms with Crippen LogP contribution in [0.2, 0.25) is 0 Å². The normalized spacial score (nSPS) is 21.6. The fourth-order valence-electron chi connectivity index (χ4n) is 2.09. The summed E-state index contributed by atoms with van der Waals surface area (Å²) < 4.78 is 25.8. The van der Waals surface area contributed by atoms with Crippen molar-refractivity contribution in [2.45, 2.75) is 39.5 Å². The van der Waals surface area contributed by atoms with E-state index in [2.05, 4.69) is 19.2 Å². The van der Waals surface area contributed by atoms with Crippen LogP contribution in [0.25, 0.3) is 0 Å². The molecule has 1 saturated heterocycles. The van der Waals surface area contributed by atoms with Crippen LogP contribution in [0, 0.1) is 5.41 Å². The lowest BCUT2D eigenvalue weighted by Crippen LogP contribution is -2.42. The molecule has 0 aromatic carbocycles. The molecule has 5 heteroatoms. The Morgan fingerprint density at radius 1 is 1.18 bits per heavy atom. The Kier molecular flexibility index (Phi) is 5.41. The summed E-state index contributed by atoms with van der Waals surface area (Å²) in [6.45, 7) is 6.71. The van der Waals surface area contributed by atoms with Crippen molar-refractivity contribution < 1.29 is 8.42 Å². The van der Waals surface area contributed by atoms with E-state index in [1.165, 1.54) is 0 Å². The average Bonchev–Trinajstić information content (AvgIpc) is 2.24. The maximum Gasteiger partial charge on any atom is 0.214 e. The molecule has 0 amide bonds. The first-order valence-electron chi connectivity index (χ1n) is 6.50. The molecule has 1 aliphatic rings. The number of unbranched alkanes of at least 4 members (excludes halogenated alkanes) is 1. The fraction of sp³-hybridized carbons (Fsp3) is 1.00. The minimum absolute atomic E-state index is 0.301. The first-order chi connectivity index (χ1) is 7.87. The number of rotatable bonds is 6. The topological polar surface area (TPSA) is 49.4 Å². The summed E-state index contributed by atoms with van der Waals surface area (Å²) in [4.78, 5) is 0. The van der Waals surface area contributed by atoms with Gasteiger partial charge in [0.15, 0.2) is 0 Å². The second-order valence-corrected chi connectivity index (χ2v) is 7.78. The SMILES string of the molecule is CNCCCCS(=O)(=O)N1CCC(C)(C)CC1. The van der Waals surface area contributed by atoms with Crippen LogP contribution in [-0.2, 0) is 10.0 Å². The third kappa shape index (κ3) is 4.94.